The summed E-state index contributed by atoms with van der Waals surface area (Å²) < 4.78 is 9.02. The fraction of sp³-hybridized carbons (Fsp3) is 0.769. The number of esters is 2. The molecule has 0 aromatic carbocycles. The second-order valence-electron chi connectivity index (χ2n) is 4.84. The van der Waals surface area contributed by atoms with Gasteiger partial charge >= 0.3 is 11.9 Å². The highest BCUT2D eigenvalue weighted by Gasteiger charge is 2.26. The summed E-state index contributed by atoms with van der Waals surface area (Å²) in [6.45, 7) is 3.73. The molecule has 0 heterocycles. The van der Waals surface area contributed by atoms with E-state index in [1.54, 1.807) is 0 Å². The van der Waals surface area contributed by atoms with Crippen molar-refractivity contribution in [3.63, 3.8) is 0 Å². The number of hydrogen-bond acceptors (Lipinski definition) is 6. The molecule has 1 amide bonds. The Morgan fingerprint density at radius 1 is 1.15 bits per heavy atom. The van der Waals surface area contributed by atoms with Crippen LogP contribution in [0.1, 0.15) is 33.1 Å². The van der Waals surface area contributed by atoms with Crippen molar-refractivity contribution in [2.24, 2.45) is 5.92 Å². The van der Waals surface area contributed by atoms with E-state index in [2.05, 4.69) is 14.8 Å². The molecule has 7 nitrogen and oxygen atoms in total. The number of amides is 1. The SMILES string of the molecule is COC(=O)CC[C@@H](NC(=O)[C@H](O)CC(C)C)C(=O)OC. The summed E-state index contributed by atoms with van der Waals surface area (Å²) in [5.41, 5.74) is 0. The van der Waals surface area contributed by atoms with Crippen LogP contribution in [-0.4, -0.2) is 49.3 Å². The Balaban J connectivity index is 4.52. The van der Waals surface area contributed by atoms with Crippen LogP contribution in [0.5, 0.6) is 0 Å². The maximum Gasteiger partial charge on any atom is 0.328 e. The molecule has 0 saturated heterocycles. The Morgan fingerprint density at radius 2 is 1.75 bits per heavy atom. The molecule has 0 bridgehead atoms. The number of hydrogen-bond donors (Lipinski definition) is 2. The van der Waals surface area contributed by atoms with Crippen LogP contribution in [0.15, 0.2) is 0 Å². The number of carbonyl (C=O) groups excluding carboxylic acids is 3. The number of carbonyl (C=O) groups is 3. The molecule has 0 aliphatic carbocycles. The average Bonchev–Trinajstić information content (AvgIpc) is 2.40. The molecule has 0 spiro atoms. The van der Waals surface area contributed by atoms with Gasteiger partial charge in [0, 0.05) is 6.42 Å². The van der Waals surface area contributed by atoms with Gasteiger partial charge in [-0.1, -0.05) is 13.8 Å². The summed E-state index contributed by atoms with van der Waals surface area (Å²) in [4.78, 5) is 34.3. The lowest BCUT2D eigenvalue weighted by atomic mass is 10.0. The van der Waals surface area contributed by atoms with Gasteiger partial charge in [-0.2, -0.15) is 0 Å². The molecule has 0 radical (unpaired) electrons. The van der Waals surface area contributed by atoms with Crippen LogP contribution >= 0.6 is 0 Å². The zero-order valence-corrected chi connectivity index (χ0v) is 12.3. The minimum Gasteiger partial charge on any atom is -0.469 e. The van der Waals surface area contributed by atoms with Crippen LogP contribution in [-0.2, 0) is 23.9 Å². The third-order valence-electron chi connectivity index (χ3n) is 2.66. The van der Waals surface area contributed by atoms with Crippen LogP contribution < -0.4 is 5.32 Å². The number of ether oxygens (including phenoxy) is 2. The van der Waals surface area contributed by atoms with E-state index in [4.69, 9.17) is 0 Å². The first kappa shape index (κ1) is 18.4. The zero-order valence-electron chi connectivity index (χ0n) is 12.3. The van der Waals surface area contributed by atoms with E-state index in [9.17, 15) is 19.5 Å². The summed E-state index contributed by atoms with van der Waals surface area (Å²) in [7, 11) is 2.42. The van der Waals surface area contributed by atoms with Crippen molar-refractivity contribution in [3.05, 3.63) is 0 Å². The van der Waals surface area contributed by atoms with Gasteiger partial charge in [-0.15, -0.1) is 0 Å². The largest absolute Gasteiger partial charge is 0.469 e. The van der Waals surface area contributed by atoms with Crippen molar-refractivity contribution in [2.75, 3.05) is 14.2 Å². The molecule has 0 rings (SSSR count). The Morgan fingerprint density at radius 3 is 2.20 bits per heavy atom. The summed E-state index contributed by atoms with van der Waals surface area (Å²) in [6, 6.07) is -0.978. The molecule has 0 aliphatic rings. The number of methoxy groups -OCH3 is 2. The second-order valence-corrected chi connectivity index (χ2v) is 4.84. The molecule has 0 aromatic rings. The Kier molecular flexibility index (Phi) is 8.54. The molecule has 0 fully saturated rings. The molecule has 0 saturated carbocycles. The first-order valence-electron chi connectivity index (χ1n) is 6.44. The molecule has 7 heteroatoms. The van der Waals surface area contributed by atoms with E-state index in [-0.39, 0.29) is 25.2 Å². The standard InChI is InChI=1S/C13H23NO6/c1-8(2)7-10(15)12(17)14-9(13(18)20-4)5-6-11(16)19-3/h8-10,15H,5-7H2,1-4H3,(H,14,17)/t9-,10-/m1/s1. The molecule has 0 aromatic heterocycles. The first-order chi connectivity index (χ1) is 9.31. The zero-order chi connectivity index (χ0) is 15.7. The monoisotopic (exact) mass is 289 g/mol. The third kappa shape index (κ3) is 7.08. The minimum absolute atomic E-state index is 0.0309. The molecule has 0 unspecified atom stereocenters. The summed E-state index contributed by atoms with van der Waals surface area (Å²) in [6.07, 6.45) is -0.882. The van der Waals surface area contributed by atoms with Crippen molar-refractivity contribution in [1.82, 2.24) is 5.32 Å². The number of aliphatic hydroxyl groups is 1. The maximum atomic E-state index is 11.7. The molecule has 116 valence electrons. The van der Waals surface area contributed by atoms with Gasteiger partial charge in [0.25, 0.3) is 0 Å². The van der Waals surface area contributed by atoms with Crippen LogP contribution in [0.2, 0.25) is 0 Å². The van der Waals surface area contributed by atoms with E-state index in [0.717, 1.165) is 0 Å². The lowest BCUT2D eigenvalue weighted by molar-refractivity contribution is -0.147. The Bertz CT molecular complexity index is 342. The number of nitrogens with one attached hydrogen (secondary N) is 1. The van der Waals surface area contributed by atoms with Crippen molar-refractivity contribution >= 4 is 17.8 Å². The highest BCUT2D eigenvalue weighted by molar-refractivity contribution is 5.87. The van der Waals surface area contributed by atoms with Gasteiger partial charge in [-0.3, -0.25) is 9.59 Å². The average molecular weight is 289 g/mol. The lowest BCUT2D eigenvalue weighted by Gasteiger charge is -2.19. The van der Waals surface area contributed by atoms with E-state index in [0.29, 0.717) is 0 Å². The summed E-state index contributed by atoms with van der Waals surface area (Å²) >= 11 is 0. The summed E-state index contributed by atoms with van der Waals surface area (Å²) in [5.74, 6) is -1.67. The van der Waals surface area contributed by atoms with Gasteiger partial charge in [0.15, 0.2) is 0 Å². The quantitative estimate of drug-likeness (QED) is 0.610. The fourth-order valence-electron chi connectivity index (χ4n) is 1.58. The molecule has 2 N–H and O–H groups in total. The minimum atomic E-state index is -1.19. The van der Waals surface area contributed by atoms with Crippen LogP contribution in [0.4, 0.5) is 0 Å². The van der Waals surface area contributed by atoms with Gasteiger partial charge < -0.3 is 19.9 Å². The van der Waals surface area contributed by atoms with E-state index < -0.39 is 30.0 Å². The molecule has 20 heavy (non-hydrogen) atoms. The predicted octanol–water partition coefficient (Wildman–Crippen LogP) is 0.00440. The predicted molar refractivity (Wildman–Crippen MR) is 70.7 cm³/mol. The van der Waals surface area contributed by atoms with E-state index in [1.807, 2.05) is 13.8 Å². The van der Waals surface area contributed by atoms with Crippen LogP contribution in [0.25, 0.3) is 0 Å². The van der Waals surface area contributed by atoms with Gasteiger partial charge in [-0.05, 0) is 18.8 Å². The lowest BCUT2D eigenvalue weighted by Crippen LogP contribution is -2.46. The molecule has 2 atom stereocenters. The first-order valence-corrected chi connectivity index (χ1v) is 6.44. The highest BCUT2D eigenvalue weighted by Crippen LogP contribution is 2.07. The Labute approximate surface area is 118 Å². The smallest absolute Gasteiger partial charge is 0.328 e. The molecular formula is C13H23NO6. The van der Waals surface area contributed by atoms with Crippen molar-refractivity contribution < 1.29 is 29.0 Å². The summed E-state index contributed by atoms with van der Waals surface area (Å²) in [5, 5.41) is 12.0. The van der Waals surface area contributed by atoms with Crippen LogP contribution in [0, 0.1) is 5.92 Å². The van der Waals surface area contributed by atoms with Crippen molar-refractivity contribution in [1.29, 1.82) is 0 Å². The van der Waals surface area contributed by atoms with Crippen LogP contribution in [0.3, 0.4) is 0 Å². The highest BCUT2D eigenvalue weighted by atomic mass is 16.5. The Hall–Kier alpha value is -1.63. The van der Waals surface area contributed by atoms with Gasteiger partial charge in [0.05, 0.1) is 14.2 Å². The normalized spacial score (nSPS) is 13.5. The third-order valence-corrected chi connectivity index (χ3v) is 2.66. The fourth-order valence-corrected chi connectivity index (χ4v) is 1.58. The van der Waals surface area contributed by atoms with Crippen molar-refractivity contribution in [2.45, 2.75) is 45.3 Å². The molecule has 0 aliphatic heterocycles. The van der Waals surface area contributed by atoms with Gasteiger partial charge in [0.2, 0.25) is 5.91 Å². The van der Waals surface area contributed by atoms with Gasteiger partial charge in [0.1, 0.15) is 12.1 Å². The number of rotatable bonds is 8. The van der Waals surface area contributed by atoms with Gasteiger partial charge in [-0.25, -0.2) is 4.79 Å². The maximum absolute atomic E-state index is 11.7. The number of aliphatic hydroxyl groups excluding tert-OH is 1. The second kappa shape index (κ2) is 9.30. The van der Waals surface area contributed by atoms with E-state index >= 15 is 0 Å². The van der Waals surface area contributed by atoms with E-state index in [1.165, 1.54) is 14.2 Å². The van der Waals surface area contributed by atoms with Crippen molar-refractivity contribution in [3.8, 4) is 0 Å². The topological polar surface area (TPSA) is 102 Å². The molecular weight excluding hydrogens is 266 g/mol.